The van der Waals surface area contributed by atoms with Crippen molar-refractivity contribution in [2.75, 3.05) is 4.81 Å². The molecular weight excluding hydrogens is 727 g/mol. The van der Waals surface area contributed by atoms with Gasteiger partial charge in [-0.2, -0.15) is 0 Å². The molecule has 2 aliphatic heterocycles. The van der Waals surface area contributed by atoms with Crippen LogP contribution in [0, 0.1) is 0 Å². The van der Waals surface area contributed by atoms with Gasteiger partial charge in [-0.25, -0.2) is 0 Å². The molecule has 4 nitrogen and oxygen atoms in total. The van der Waals surface area contributed by atoms with Gasteiger partial charge in [0.05, 0.1) is 16.4 Å². The molecule has 58 heavy (non-hydrogen) atoms. The number of aromatic nitrogens is 1. The third-order valence-electron chi connectivity index (χ3n) is 13.1. The molecule has 14 rings (SSSR count). The fourth-order valence-electron chi connectivity index (χ4n) is 10.5. The van der Waals surface area contributed by atoms with E-state index in [1.807, 2.05) is 11.3 Å². The molecule has 272 valence electrons. The first-order valence-electron chi connectivity index (χ1n) is 20.1. The third-order valence-corrected chi connectivity index (χ3v) is 14.3. The molecule has 0 saturated heterocycles. The fourth-order valence-corrected chi connectivity index (χ4v) is 11.6. The van der Waals surface area contributed by atoms with Crippen LogP contribution in [0.4, 0.5) is 11.4 Å². The number of furan rings is 2. The number of rotatable bonds is 1. The SMILES string of the molecule is CC(C)(C)c1ccc(N2B3c4cc5sc6ccccc6c5cc4-n4c5ccc6c7ccccc7oc6c5c5ccc(c3c54)-c3cc4c(cc32)oc2ccccc24)cc1. The van der Waals surface area contributed by atoms with E-state index in [-0.39, 0.29) is 12.3 Å². The quantitative estimate of drug-likeness (QED) is 0.156. The highest BCUT2D eigenvalue weighted by Gasteiger charge is 2.45. The van der Waals surface area contributed by atoms with Crippen LogP contribution in [-0.4, -0.2) is 11.4 Å². The van der Waals surface area contributed by atoms with E-state index < -0.39 is 0 Å². The van der Waals surface area contributed by atoms with Gasteiger partial charge in [-0.15, -0.1) is 11.3 Å². The highest BCUT2D eigenvalue weighted by atomic mass is 32.1. The molecule has 0 amide bonds. The first-order chi connectivity index (χ1) is 28.4. The predicted molar refractivity (Wildman–Crippen MR) is 246 cm³/mol. The van der Waals surface area contributed by atoms with Gasteiger partial charge < -0.3 is 18.2 Å². The molecule has 0 N–H and O–H groups in total. The molecule has 0 fully saturated rings. The van der Waals surface area contributed by atoms with Gasteiger partial charge >= 0.3 is 6.85 Å². The summed E-state index contributed by atoms with van der Waals surface area (Å²) in [6, 6.07) is 54.0. The van der Waals surface area contributed by atoms with Crippen LogP contribution >= 0.6 is 11.3 Å². The van der Waals surface area contributed by atoms with E-state index in [0.29, 0.717) is 0 Å². The maximum atomic E-state index is 6.83. The average Bonchev–Trinajstić information content (AvgIpc) is 4.00. The largest absolute Gasteiger partial charge is 0.456 e. The Balaban J connectivity index is 1.18. The lowest BCUT2D eigenvalue weighted by Crippen LogP contribution is -2.60. The van der Waals surface area contributed by atoms with Crippen LogP contribution in [0.15, 0.2) is 154 Å². The van der Waals surface area contributed by atoms with Crippen molar-refractivity contribution in [2.45, 2.75) is 26.2 Å². The fraction of sp³-hybridized carbons (Fsp3) is 0.0769. The summed E-state index contributed by atoms with van der Waals surface area (Å²) in [4.78, 5) is 2.60. The highest BCUT2D eigenvalue weighted by Crippen LogP contribution is 2.50. The molecule has 0 bridgehead atoms. The molecule has 0 unspecified atom stereocenters. The van der Waals surface area contributed by atoms with Crippen LogP contribution in [0.2, 0.25) is 0 Å². The summed E-state index contributed by atoms with van der Waals surface area (Å²) in [5, 5.41) is 9.53. The van der Waals surface area contributed by atoms with Crippen molar-refractivity contribution in [3.8, 4) is 16.8 Å². The van der Waals surface area contributed by atoms with Crippen molar-refractivity contribution in [1.29, 1.82) is 0 Å². The zero-order valence-corrected chi connectivity index (χ0v) is 32.9. The Kier molecular flexibility index (Phi) is 5.73. The van der Waals surface area contributed by atoms with Gasteiger partial charge in [0.25, 0.3) is 0 Å². The molecule has 8 aromatic carbocycles. The second kappa shape index (κ2) is 10.6. The number of benzene rings is 8. The topological polar surface area (TPSA) is 34.5 Å². The smallest absolute Gasteiger partial charge is 0.333 e. The minimum atomic E-state index is -0.110. The molecule has 0 aliphatic carbocycles. The van der Waals surface area contributed by atoms with Crippen LogP contribution in [0.25, 0.3) is 103 Å². The van der Waals surface area contributed by atoms with Crippen LogP contribution in [0.1, 0.15) is 26.3 Å². The molecule has 6 heteroatoms. The van der Waals surface area contributed by atoms with E-state index in [1.54, 1.807) is 0 Å². The Labute approximate surface area is 337 Å². The zero-order valence-electron chi connectivity index (χ0n) is 32.1. The number of hydrogen-bond donors (Lipinski definition) is 0. The predicted octanol–water partition coefficient (Wildman–Crippen LogP) is 13.5. The van der Waals surface area contributed by atoms with Gasteiger partial charge in [0.2, 0.25) is 0 Å². The normalized spacial score (nSPS) is 13.7. The molecule has 12 aromatic rings. The monoisotopic (exact) mass is 760 g/mol. The second-order valence-electron chi connectivity index (χ2n) is 17.2. The van der Waals surface area contributed by atoms with Gasteiger partial charge in [-0.1, -0.05) is 99.6 Å². The van der Waals surface area contributed by atoms with Gasteiger partial charge in [0, 0.05) is 75.8 Å². The van der Waals surface area contributed by atoms with Crippen molar-refractivity contribution < 1.29 is 8.83 Å². The zero-order chi connectivity index (χ0) is 38.2. The van der Waals surface area contributed by atoms with E-state index in [9.17, 15) is 0 Å². The Hall–Kier alpha value is -6.76. The maximum absolute atomic E-state index is 6.83. The Bertz CT molecular complexity index is 3800. The minimum Gasteiger partial charge on any atom is -0.456 e. The molecular formula is C52H33BN2O2S. The highest BCUT2D eigenvalue weighted by molar-refractivity contribution is 7.26. The number of para-hydroxylation sites is 2. The summed E-state index contributed by atoms with van der Waals surface area (Å²) < 4.78 is 18.6. The molecule has 0 radical (unpaired) electrons. The first kappa shape index (κ1) is 31.3. The second-order valence-corrected chi connectivity index (χ2v) is 18.3. The Morgan fingerprint density at radius 3 is 2.07 bits per heavy atom. The summed E-state index contributed by atoms with van der Waals surface area (Å²) >= 11 is 1.89. The molecule has 0 spiro atoms. The Morgan fingerprint density at radius 2 is 1.26 bits per heavy atom. The molecule has 2 aliphatic rings. The van der Waals surface area contributed by atoms with Crippen molar-refractivity contribution in [3.05, 3.63) is 151 Å². The van der Waals surface area contributed by atoms with Gasteiger partial charge in [-0.05, 0) is 88.1 Å². The average molecular weight is 761 g/mol. The lowest BCUT2D eigenvalue weighted by Gasteiger charge is -2.42. The molecule has 4 aromatic heterocycles. The van der Waals surface area contributed by atoms with Crippen LogP contribution in [-0.2, 0) is 5.41 Å². The van der Waals surface area contributed by atoms with E-state index in [1.165, 1.54) is 64.4 Å². The van der Waals surface area contributed by atoms with Crippen molar-refractivity contribution in [2.24, 2.45) is 0 Å². The van der Waals surface area contributed by atoms with Gasteiger partial charge in [0.1, 0.15) is 22.3 Å². The summed E-state index contributed by atoms with van der Waals surface area (Å²) in [5.74, 6) is 0. The van der Waals surface area contributed by atoms with Gasteiger partial charge in [-0.3, -0.25) is 0 Å². The number of hydrogen-bond acceptors (Lipinski definition) is 4. The molecule has 0 saturated carbocycles. The lowest BCUT2D eigenvalue weighted by molar-refractivity contribution is 0.590. The number of anilines is 2. The maximum Gasteiger partial charge on any atom is 0.333 e. The van der Waals surface area contributed by atoms with Gasteiger partial charge in [0.15, 0.2) is 0 Å². The van der Waals surface area contributed by atoms with E-state index in [2.05, 4.69) is 176 Å². The number of nitrogens with zero attached hydrogens (tertiary/aromatic N) is 2. The van der Waals surface area contributed by atoms with Crippen molar-refractivity contribution in [1.82, 2.24) is 4.57 Å². The van der Waals surface area contributed by atoms with E-state index >= 15 is 0 Å². The summed E-state index contributed by atoms with van der Waals surface area (Å²) in [6.07, 6.45) is 0. The number of thiophene rings is 1. The summed E-state index contributed by atoms with van der Waals surface area (Å²) in [6.45, 7) is 6.75. The standard InChI is InChI=1S/C52H33BN2O2S/c1-52(2,3)28-16-18-29(19-17-28)55-41-27-45-37(31-11-5-7-13-43(31)56-45)24-36(41)33-20-21-35-48-40(23-22-34-30-10-4-8-14-44(30)57-51(34)48)54-42-25-38-32-12-6-9-15-46(32)58-47(38)26-39(42)53(55)49(33)50(35)54/h4-27H,1-3H3. The minimum absolute atomic E-state index is 0.0324. The van der Waals surface area contributed by atoms with E-state index in [0.717, 1.165) is 66.2 Å². The van der Waals surface area contributed by atoms with Crippen LogP contribution in [0.3, 0.4) is 0 Å². The van der Waals surface area contributed by atoms with Crippen molar-refractivity contribution in [3.63, 3.8) is 0 Å². The van der Waals surface area contributed by atoms with Crippen molar-refractivity contribution >= 4 is 126 Å². The lowest BCUT2D eigenvalue weighted by atomic mass is 9.44. The molecule has 0 atom stereocenters. The summed E-state index contributed by atoms with van der Waals surface area (Å²) in [7, 11) is 0. The van der Waals surface area contributed by atoms with Crippen LogP contribution in [0.5, 0.6) is 0 Å². The third kappa shape index (κ3) is 3.86. The Morgan fingerprint density at radius 1 is 0.534 bits per heavy atom. The summed E-state index contributed by atoms with van der Waals surface area (Å²) in [5.41, 5.74) is 16.0. The first-order valence-corrected chi connectivity index (χ1v) is 20.9. The number of fused-ring (bicyclic) bond motifs is 18. The van der Waals surface area contributed by atoms with E-state index in [4.69, 9.17) is 8.83 Å². The van der Waals surface area contributed by atoms with Crippen LogP contribution < -0.4 is 15.7 Å². The molecule has 6 heterocycles.